The second-order valence-electron chi connectivity index (χ2n) is 5.79. The van der Waals surface area contributed by atoms with E-state index in [1.54, 1.807) is 13.0 Å². The summed E-state index contributed by atoms with van der Waals surface area (Å²) in [6.45, 7) is 0.896. The number of esters is 1. The Morgan fingerprint density at radius 3 is 2.45 bits per heavy atom. The van der Waals surface area contributed by atoms with Gasteiger partial charge in [-0.2, -0.15) is 13.2 Å². The van der Waals surface area contributed by atoms with Crippen molar-refractivity contribution in [2.24, 2.45) is 0 Å². The van der Waals surface area contributed by atoms with E-state index in [-0.39, 0.29) is 5.56 Å². The summed E-state index contributed by atoms with van der Waals surface area (Å²) in [5.74, 6) is -1.50. The fourth-order valence-electron chi connectivity index (χ4n) is 2.34. The average Bonchev–Trinajstić information content (AvgIpc) is 2.65. The first-order valence-corrected chi connectivity index (χ1v) is 8.00. The van der Waals surface area contributed by atoms with Crippen molar-refractivity contribution in [1.82, 2.24) is 0 Å². The Kier molecular flexibility index (Phi) is 6.42. The van der Waals surface area contributed by atoms with Crippen LogP contribution in [-0.4, -0.2) is 30.5 Å². The Morgan fingerprint density at radius 1 is 1.17 bits per heavy atom. The summed E-state index contributed by atoms with van der Waals surface area (Å²) in [6, 6.07) is 6.31. The first kappa shape index (κ1) is 21.7. The smallest absolute Gasteiger partial charge is 0.418 e. The lowest BCUT2D eigenvalue weighted by molar-refractivity contribution is -0.385. The highest BCUT2D eigenvalue weighted by atomic mass is 19.4. The minimum Gasteiger partial charge on any atom is -0.496 e. The summed E-state index contributed by atoms with van der Waals surface area (Å²) in [5.41, 5.74) is -2.02. The molecule has 0 unspecified atom stereocenters. The number of methoxy groups -OCH3 is 1. The van der Waals surface area contributed by atoms with Crippen molar-refractivity contribution in [2.75, 3.05) is 19.0 Å². The quantitative estimate of drug-likeness (QED) is 0.440. The van der Waals surface area contributed by atoms with Crippen LogP contribution in [-0.2, 0) is 15.7 Å². The number of non-ortho nitro benzene ring substituents is 1. The molecule has 1 N–H and O–H groups in total. The molecule has 0 heterocycles. The molecule has 0 bridgehead atoms. The molecule has 0 spiro atoms. The Bertz CT molecular complexity index is 959. The molecule has 0 atom stereocenters. The molecule has 0 aliphatic carbocycles. The number of benzene rings is 2. The number of halogens is 3. The van der Waals surface area contributed by atoms with Crippen molar-refractivity contribution in [3.05, 3.63) is 63.2 Å². The predicted molar refractivity (Wildman–Crippen MR) is 94.7 cm³/mol. The van der Waals surface area contributed by atoms with Crippen molar-refractivity contribution < 1.29 is 37.2 Å². The van der Waals surface area contributed by atoms with Crippen molar-refractivity contribution in [2.45, 2.75) is 13.1 Å². The van der Waals surface area contributed by atoms with Crippen LogP contribution in [0.15, 0.2) is 36.4 Å². The van der Waals surface area contributed by atoms with Gasteiger partial charge in [-0.25, -0.2) is 4.79 Å². The second-order valence-corrected chi connectivity index (χ2v) is 5.79. The van der Waals surface area contributed by atoms with Gasteiger partial charge in [0.1, 0.15) is 5.75 Å². The Labute approximate surface area is 162 Å². The number of hydrogen-bond donors (Lipinski definition) is 1. The molecule has 0 aromatic heterocycles. The van der Waals surface area contributed by atoms with Crippen LogP contribution < -0.4 is 10.1 Å². The Balaban J connectivity index is 2.09. The van der Waals surface area contributed by atoms with Crippen LogP contribution in [0.3, 0.4) is 0 Å². The Hall–Kier alpha value is -3.63. The van der Waals surface area contributed by atoms with Gasteiger partial charge in [0.15, 0.2) is 6.61 Å². The van der Waals surface area contributed by atoms with E-state index in [0.29, 0.717) is 11.8 Å². The predicted octanol–water partition coefficient (Wildman–Crippen LogP) is 3.73. The third-order valence-corrected chi connectivity index (χ3v) is 3.77. The van der Waals surface area contributed by atoms with E-state index in [9.17, 15) is 32.9 Å². The minimum absolute atomic E-state index is 0.0894. The van der Waals surface area contributed by atoms with Crippen molar-refractivity contribution in [1.29, 1.82) is 0 Å². The molecule has 8 nitrogen and oxygen atoms in total. The first-order valence-electron chi connectivity index (χ1n) is 8.00. The number of carbonyl (C=O) groups is 2. The molecule has 0 radical (unpaired) electrons. The number of nitrogens with one attached hydrogen (secondary N) is 1. The number of alkyl halides is 3. The summed E-state index contributed by atoms with van der Waals surface area (Å²) in [6.07, 6.45) is -4.94. The zero-order valence-electron chi connectivity index (χ0n) is 15.2. The van der Waals surface area contributed by atoms with Crippen LogP contribution in [0, 0.1) is 17.0 Å². The number of aryl methyl sites for hydroxylation is 1. The van der Waals surface area contributed by atoms with Crippen LogP contribution >= 0.6 is 0 Å². The standard InChI is InChI=1S/C18H15F3N2O6/c1-10-3-4-11(7-15(10)28-2)17(25)29-9-16(24)22-14-6-5-12(23(26)27)8-13(14)18(19,20)21/h3-8H,9H2,1-2H3,(H,22,24). The van der Waals surface area contributed by atoms with Gasteiger partial charge >= 0.3 is 12.1 Å². The molecule has 0 saturated carbocycles. The van der Waals surface area contributed by atoms with Crippen molar-refractivity contribution in [3.63, 3.8) is 0 Å². The zero-order chi connectivity index (χ0) is 21.8. The summed E-state index contributed by atoms with van der Waals surface area (Å²) >= 11 is 0. The van der Waals surface area contributed by atoms with Gasteiger partial charge in [0.25, 0.3) is 11.6 Å². The molecule has 1 amide bonds. The first-order chi connectivity index (χ1) is 13.5. The van der Waals surface area contributed by atoms with Crippen molar-refractivity contribution >= 4 is 23.3 Å². The molecule has 0 fully saturated rings. The zero-order valence-corrected chi connectivity index (χ0v) is 15.2. The third-order valence-electron chi connectivity index (χ3n) is 3.77. The van der Waals surface area contributed by atoms with E-state index < -0.39 is 46.5 Å². The monoisotopic (exact) mass is 412 g/mol. The largest absolute Gasteiger partial charge is 0.496 e. The maximum Gasteiger partial charge on any atom is 0.418 e. The summed E-state index contributed by atoms with van der Waals surface area (Å²) in [4.78, 5) is 33.6. The summed E-state index contributed by atoms with van der Waals surface area (Å²) in [7, 11) is 1.41. The summed E-state index contributed by atoms with van der Waals surface area (Å²) in [5, 5.41) is 12.6. The van der Waals surface area contributed by atoms with Crippen LogP contribution in [0.5, 0.6) is 5.75 Å². The Morgan fingerprint density at radius 2 is 1.86 bits per heavy atom. The van der Waals surface area contributed by atoms with E-state index >= 15 is 0 Å². The molecule has 0 aliphatic heterocycles. The normalized spacial score (nSPS) is 10.9. The van der Waals surface area contributed by atoms with Gasteiger partial charge in [0.05, 0.1) is 28.8 Å². The number of carbonyl (C=O) groups excluding carboxylic acids is 2. The molecule has 29 heavy (non-hydrogen) atoms. The van der Waals surface area contributed by atoms with Gasteiger partial charge in [-0.3, -0.25) is 14.9 Å². The van der Waals surface area contributed by atoms with Gasteiger partial charge in [-0.1, -0.05) is 6.07 Å². The lowest BCUT2D eigenvalue weighted by Crippen LogP contribution is -2.23. The maximum absolute atomic E-state index is 13.1. The number of rotatable bonds is 6. The molecule has 154 valence electrons. The molecular weight excluding hydrogens is 397 g/mol. The van der Waals surface area contributed by atoms with Crippen molar-refractivity contribution in [3.8, 4) is 5.75 Å². The summed E-state index contributed by atoms with van der Waals surface area (Å²) < 4.78 is 49.2. The maximum atomic E-state index is 13.1. The average molecular weight is 412 g/mol. The lowest BCUT2D eigenvalue weighted by Gasteiger charge is -2.14. The molecule has 2 aromatic carbocycles. The number of hydrogen-bond acceptors (Lipinski definition) is 6. The number of nitro groups is 1. The van der Waals surface area contributed by atoms with Crippen LogP contribution in [0.1, 0.15) is 21.5 Å². The molecule has 0 aliphatic rings. The van der Waals surface area contributed by atoms with E-state index in [1.807, 2.05) is 5.32 Å². The number of ether oxygens (including phenoxy) is 2. The molecule has 2 aromatic rings. The second kappa shape index (κ2) is 8.59. The van der Waals surface area contributed by atoms with Gasteiger partial charge in [-0.15, -0.1) is 0 Å². The highest BCUT2D eigenvalue weighted by molar-refractivity contribution is 5.96. The number of amides is 1. The minimum atomic E-state index is -4.94. The highest BCUT2D eigenvalue weighted by Gasteiger charge is 2.35. The molecular formula is C18H15F3N2O6. The topological polar surface area (TPSA) is 108 Å². The number of nitro benzene ring substituents is 1. The molecule has 0 saturated heterocycles. The van der Waals surface area contributed by atoms with E-state index in [1.165, 1.54) is 19.2 Å². The fourth-order valence-corrected chi connectivity index (χ4v) is 2.34. The van der Waals surface area contributed by atoms with Gasteiger partial charge in [0, 0.05) is 12.1 Å². The van der Waals surface area contributed by atoms with Crippen LogP contribution in [0.4, 0.5) is 24.5 Å². The highest BCUT2D eigenvalue weighted by Crippen LogP contribution is 2.37. The molecule has 11 heteroatoms. The van der Waals surface area contributed by atoms with Crippen LogP contribution in [0.25, 0.3) is 0 Å². The molecule has 2 rings (SSSR count). The van der Waals surface area contributed by atoms with Gasteiger partial charge < -0.3 is 14.8 Å². The lowest BCUT2D eigenvalue weighted by atomic mass is 10.1. The van der Waals surface area contributed by atoms with Crippen LogP contribution in [0.2, 0.25) is 0 Å². The van der Waals surface area contributed by atoms with Gasteiger partial charge in [-0.05, 0) is 30.7 Å². The number of anilines is 1. The van der Waals surface area contributed by atoms with E-state index in [2.05, 4.69) is 0 Å². The van der Waals surface area contributed by atoms with E-state index in [0.717, 1.165) is 17.7 Å². The van der Waals surface area contributed by atoms with Gasteiger partial charge in [0.2, 0.25) is 0 Å². The van der Waals surface area contributed by atoms with E-state index in [4.69, 9.17) is 9.47 Å². The SMILES string of the molecule is COc1cc(C(=O)OCC(=O)Nc2ccc([N+](=O)[O-])cc2C(F)(F)F)ccc1C. The number of nitrogens with zero attached hydrogens (tertiary/aromatic N) is 1. The fraction of sp³-hybridized carbons (Fsp3) is 0.222. The third kappa shape index (κ3) is 5.43.